The lowest BCUT2D eigenvalue weighted by Gasteiger charge is -1.94. The summed E-state index contributed by atoms with van der Waals surface area (Å²) in [5.41, 5.74) is 5.97. The van der Waals surface area contributed by atoms with Gasteiger partial charge in [-0.3, -0.25) is 0 Å². The summed E-state index contributed by atoms with van der Waals surface area (Å²) in [5, 5.41) is 0.737. The molecule has 0 unspecified atom stereocenters. The van der Waals surface area contributed by atoms with Gasteiger partial charge in [0.25, 0.3) is 0 Å². The lowest BCUT2D eigenvalue weighted by molar-refractivity contribution is 0.600. The molecule has 0 aliphatic heterocycles. The van der Waals surface area contributed by atoms with Crippen LogP contribution >= 0.6 is 27.5 Å². The molecule has 0 radical (unpaired) electrons. The van der Waals surface area contributed by atoms with Gasteiger partial charge in [-0.25, -0.2) is 4.98 Å². The number of anilines is 1. The molecule has 0 saturated carbocycles. The molecule has 0 saturated heterocycles. The Bertz CT molecular complexity index is 442. The molecule has 2 aromatic rings. The molecule has 4 nitrogen and oxygen atoms in total. The third kappa shape index (κ3) is 1.05. The zero-order valence-corrected chi connectivity index (χ0v) is 8.06. The van der Waals surface area contributed by atoms with Crippen molar-refractivity contribution < 1.29 is 4.42 Å². The smallest absolute Gasteiger partial charge is 0.233 e. The van der Waals surface area contributed by atoms with E-state index in [0.717, 1.165) is 4.47 Å². The van der Waals surface area contributed by atoms with Crippen molar-refractivity contribution in [2.75, 3.05) is 5.73 Å². The molecule has 0 bridgehead atoms. The average Bonchev–Trinajstić information content (AvgIpc) is 2.31. The maximum absolute atomic E-state index is 5.58. The van der Waals surface area contributed by atoms with Crippen molar-refractivity contribution in [3.05, 3.63) is 16.0 Å². The van der Waals surface area contributed by atoms with Crippen molar-refractivity contribution >= 4 is 44.4 Å². The van der Waals surface area contributed by atoms with Crippen molar-refractivity contribution in [2.24, 2.45) is 0 Å². The van der Waals surface area contributed by atoms with E-state index in [1.165, 1.54) is 6.26 Å². The maximum atomic E-state index is 5.58. The van der Waals surface area contributed by atoms with Crippen LogP contribution in [-0.4, -0.2) is 9.97 Å². The van der Waals surface area contributed by atoms with Gasteiger partial charge in [0.05, 0.1) is 9.86 Å². The van der Waals surface area contributed by atoms with Gasteiger partial charge in [-0.1, -0.05) is 0 Å². The van der Waals surface area contributed by atoms with Crippen LogP contribution < -0.4 is 5.73 Å². The SMILES string of the molecule is Nc1nc(Cl)nc2occ(Br)c12. The Kier molecular flexibility index (Phi) is 1.69. The second kappa shape index (κ2) is 2.60. The Hall–Kier alpha value is -0.810. The molecule has 0 atom stereocenters. The highest BCUT2D eigenvalue weighted by atomic mass is 79.9. The predicted octanol–water partition coefficient (Wildman–Crippen LogP) is 2.22. The lowest BCUT2D eigenvalue weighted by atomic mass is 10.4. The molecule has 2 heterocycles. The third-order valence-electron chi connectivity index (χ3n) is 1.39. The predicted molar refractivity (Wildman–Crippen MR) is 48.9 cm³/mol. The zero-order valence-electron chi connectivity index (χ0n) is 5.71. The van der Waals surface area contributed by atoms with Gasteiger partial charge >= 0.3 is 0 Å². The molecule has 2 aromatic heterocycles. The highest BCUT2D eigenvalue weighted by Crippen LogP contribution is 2.29. The van der Waals surface area contributed by atoms with E-state index in [9.17, 15) is 0 Å². The van der Waals surface area contributed by atoms with Crippen LogP contribution in [0.1, 0.15) is 0 Å². The van der Waals surface area contributed by atoms with E-state index in [2.05, 4.69) is 25.9 Å². The molecule has 0 fully saturated rings. The number of rotatable bonds is 0. The Morgan fingerprint density at radius 3 is 3.00 bits per heavy atom. The fraction of sp³-hybridized carbons (Fsp3) is 0. The lowest BCUT2D eigenvalue weighted by Crippen LogP contribution is -1.92. The van der Waals surface area contributed by atoms with Crippen molar-refractivity contribution in [1.29, 1.82) is 0 Å². The van der Waals surface area contributed by atoms with Crippen LogP contribution in [0.4, 0.5) is 5.82 Å². The molecular formula is C6H3BrClN3O. The molecule has 12 heavy (non-hydrogen) atoms. The van der Waals surface area contributed by atoms with Crippen molar-refractivity contribution in [2.45, 2.75) is 0 Å². The standard InChI is InChI=1S/C6H3BrClN3O/c7-2-1-12-5-3(2)4(9)10-6(8)11-5/h1H,(H2,9,10,11). The van der Waals surface area contributed by atoms with Crippen molar-refractivity contribution in [1.82, 2.24) is 9.97 Å². The van der Waals surface area contributed by atoms with Crippen molar-refractivity contribution in [3.63, 3.8) is 0 Å². The number of nitrogen functional groups attached to an aromatic ring is 1. The highest BCUT2D eigenvalue weighted by molar-refractivity contribution is 9.10. The van der Waals surface area contributed by atoms with E-state index in [1.54, 1.807) is 0 Å². The molecule has 0 spiro atoms. The summed E-state index contributed by atoms with van der Waals surface area (Å²) < 4.78 is 5.78. The first kappa shape index (κ1) is 7.82. The second-order valence-electron chi connectivity index (χ2n) is 2.14. The first-order chi connectivity index (χ1) is 5.68. The Morgan fingerprint density at radius 1 is 1.50 bits per heavy atom. The van der Waals surface area contributed by atoms with E-state index >= 15 is 0 Å². The summed E-state index contributed by atoms with van der Waals surface area (Å²) in [5.74, 6) is 0.311. The first-order valence-corrected chi connectivity index (χ1v) is 4.21. The minimum Gasteiger partial charge on any atom is -0.445 e. The summed E-state index contributed by atoms with van der Waals surface area (Å²) in [4.78, 5) is 7.61. The Balaban J connectivity index is 2.93. The number of nitrogens with two attached hydrogens (primary N) is 1. The number of hydrogen-bond donors (Lipinski definition) is 1. The normalized spacial score (nSPS) is 10.8. The number of fused-ring (bicyclic) bond motifs is 1. The third-order valence-corrected chi connectivity index (χ3v) is 2.14. The molecule has 2 rings (SSSR count). The molecule has 6 heteroatoms. The summed E-state index contributed by atoms with van der Waals surface area (Å²) >= 11 is 8.80. The highest BCUT2D eigenvalue weighted by Gasteiger charge is 2.10. The van der Waals surface area contributed by atoms with Crippen LogP contribution in [0.3, 0.4) is 0 Å². The molecular weight excluding hydrogens is 245 g/mol. The maximum Gasteiger partial charge on any atom is 0.233 e. The van der Waals surface area contributed by atoms with E-state index in [4.69, 9.17) is 21.8 Å². The van der Waals surface area contributed by atoms with Crippen LogP contribution in [0, 0.1) is 0 Å². The first-order valence-electron chi connectivity index (χ1n) is 3.04. The summed E-state index contributed by atoms with van der Waals surface area (Å²) in [6.45, 7) is 0. The van der Waals surface area contributed by atoms with E-state index < -0.39 is 0 Å². The number of halogens is 2. The molecule has 0 aliphatic rings. The zero-order chi connectivity index (χ0) is 8.72. The van der Waals surface area contributed by atoms with Gasteiger partial charge in [0.2, 0.25) is 11.0 Å². The van der Waals surface area contributed by atoms with Gasteiger partial charge in [0.15, 0.2) is 0 Å². The van der Waals surface area contributed by atoms with Crippen LogP contribution in [-0.2, 0) is 0 Å². The number of nitrogens with zero attached hydrogens (tertiary/aromatic N) is 2. The number of furan rings is 1. The van der Waals surface area contributed by atoms with Crippen molar-refractivity contribution in [3.8, 4) is 0 Å². The van der Waals surface area contributed by atoms with Crippen LogP contribution in [0.25, 0.3) is 11.1 Å². The molecule has 0 aliphatic carbocycles. The van der Waals surface area contributed by atoms with Crippen LogP contribution in [0.5, 0.6) is 0 Å². The minimum absolute atomic E-state index is 0.0850. The van der Waals surface area contributed by atoms with Gasteiger partial charge in [-0.2, -0.15) is 4.98 Å². The molecule has 0 amide bonds. The molecule has 0 aromatic carbocycles. The summed E-state index contributed by atoms with van der Waals surface area (Å²) in [6.07, 6.45) is 1.49. The quantitative estimate of drug-likeness (QED) is 0.726. The van der Waals surface area contributed by atoms with Gasteiger partial charge in [0.1, 0.15) is 12.1 Å². The fourth-order valence-corrected chi connectivity index (χ4v) is 1.54. The monoisotopic (exact) mass is 247 g/mol. The van der Waals surface area contributed by atoms with E-state index in [1.807, 2.05) is 0 Å². The van der Waals surface area contributed by atoms with Gasteiger partial charge in [0, 0.05) is 0 Å². The van der Waals surface area contributed by atoms with Crippen LogP contribution in [0.2, 0.25) is 5.28 Å². The van der Waals surface area contributed by atoms with E-state index in [-0.39, 0.29) is 5.28 Å². The topological polar surface area (TPSA) is 64.9 Å². The molecule has 62 valence electrons. The summed E-state index contributed by atoms with van der Waals surface area (Å²) in [6, 6.07) is 0. The minimum atomic E-state index is 0.0850. The van der Waals surface area contributed by atoms with E-state index in [0.29, 0.717) is 16.9 Å². The Morgan fingerprint density at radius 2 is 2.25 bits per heavy atom. The van der Waals surface area contributed by atoms with Gasteiger partial charge in [-0.05, 0) is 27.5 Å². The average molecular weight is 248 g/mol. The fourth-order valence-electron chi connectivity index (χ4n) is 0.906. The van der Waals surface area contributed by atoms with Crippen LogP contribution in [0.15, 0.2) is 15.2 Å². The number of hydrogen-bond acceptors (Lipinski definition) is 4. The second-order valence-corrected chi connectivity index (χ2v) is 3.33. The summed E-state index contributed by atoms with van der Waals surface area (Å²) in [7, 11) is 0. The van der Waals surface area contributed by atoms with Gasteiger partial charge < -0.3 is 10.2 Å². The van der Waals surface area contributed by atoms with Gasteiger partial charge in [-0.15, -0.1) is 0 Å². The Labute approximate surface area is 80.9 Å². The number of aromatic nitrogens is 2. The molecule has 2 N–H and O–H groups in total. The largest absolute Gasteiger partial charge is 0.445 e.